The maximum atomic E-state index is 13.3. The monoisotopic (exact) mass is 385 g/mol. The first-order chi connectivity index (χ1) is 12.7. The van der Waals surface area contributed by atoms with Gasteiger partial charge < -0.3 is 10.2 Å². The normalized spacial score (nSPS) is 16.4. The zero-order valence-electron chi connectivity index (χ0n) is 14.3. The molecule has 27 heavy (non-hydrogen) atoms. The number of hydrogen-bond donors (Lipinski definition) is 1. The van der Waals surface area contributed by atoms with Crippen molar-refractivity contribution in [1.29, 1.82) is 0 Å². The maximum Gasteiger partial charge on any atom is 0.458 e. The van der Waals surface area contributed by atoms with Gasteiger partial charge in [-0.05, 0) is 49.2 Å². The van der Waals surface area contributed by atoms with Crippen molar-refractivity contribution in [1.82, 2.24) is 0 Å². The number of piperidine rings is 1. The maximum absolute atomic E-state index is 13.3. The second-order valence-electron chi connectivity index (χ2n) is 6.55. The van der Waals surface area contributed by atoms with E-state index in [1.54, 1.807) is 12.1 Å². The van der Waals surface area contributed by atoms with Crippen molar-refractivity contribution in [3.8, 4) is 5.75 Å². The van der Waals surface area contributed by atoms with Crippen LogP contribution >= 0.6 is 0 Å². The minimum Gasteiger partial charge on any atom is -0.382 e. The second-order valence-corrected chi connectivity index (χ2v) is 6.55. The molecule has 0 unspecified atom stereocenters. The summed E-state index contributed by atoms with van der Waals surface area (Å²) in [5.74, 6) is -4.91. The van der Waals surface area contributed by atoms with E-state index < -0.39 is 17.7 Å². The average Bonchev–Trinajstić information content (AvgIpc) is 2.63. The smallest absolute Gasteiger partial charge is 0.382 e. The Bertz CT molecular complexity index is 751. The molecule has 2 aromatic carbocycles. The first kappa shape index (κ1) is 19.3. The van der Waals surface area contributed by atoms with E-state index in [2.05, 4.69) is 10.2 Å². The van der Waals surface area contributed by atoms with E-state index in [-0.39, 0.29) is 11.8 Å². The van der Waals surface area contributed by atoms with Gasteiger partial charge in [-0.15, -0.1) is 0 Å². The minimum absolute atomic E-state index is 0.0464. The van der Waals surface area contributed by atoms with Crippen LogP contribution in [0, 0.1) is 0 Å². The molecule has 1 aliphatic heterocycles. The van der Waals surface area contributed by atoms with Crippen molar-refractivity contribution in [3.05, 3.63) is 54.1 Å². The Labute approximate surface area is 153 Å². The lowest BCUT2D eigenvalue weighted by atomic mass is 10.0. The molecular weight excluding hydrogens is 367 g/mol. The zero-order valence-corrected chi connectivity index (χ0v) is 14.3. The second kappa shape index (κ2) is 7.25. The third kappa shape index (κ3) is 4.26. The van der Waals surface area contributed by atoms with Gasteiger partial charge in [0.1, 0.15) is 0 Å². The van der Waals surface area contributed by atoms with Gasteiger partial charge in [0.25, 0.3) is 0 Å². The summed E-state index contributed by atoms with van der Waals surface area (Å²) in [5, 5.41) is 14.3. The third-order valence-corrected chi connectivity index (χ3v) is 4.67. The lowest BCUT2D eigenvalue weighted by Gasteiger charge is -2.34. The molecule has 0 aliphatic carbocycles. The van der Waals surface area contributed by atoms with E-state index in [0.29, 0.717) is 5.69 Å². The van der Waals surface area contributed by atoms with E-state index in [1.165, 1.54) is 24.3 Å². The lowest BCUT2D eigenvalue weighted by Crippen LogP contribution is -2.39. The first-order valence-electron chi connectivity index (χ1n) is 8.50. The third-order valence-electron chi connectivity index (χ3n) is 4.67. The lowest BCUT2D eigenvalue weighted by molar-refractivity contribution is -0.289. The Morgan fingerprint density at radius 3 is 1.93 bits per heavy atom. The molecule has 1 N–H and O–H groups in total. The Kier molecular flexibility index (Phi) is 5.17. The number of benzene rings is 2. The summed E-state index contributed by atoms with van der Waals surface area (Å²) in [6.45, 7) is 1.50. The van der Waals surface area contributed by atoms with Gasteiger partial charge in [0.2, 0.25) is 0 Å². The molecule has 1 fully saturated rings. The Morgan fingerprint density at radius 1 is 0.852 bits per heavy atom. The van der Waals surface area contributed by atoms with Crippen LogP contribution in [0.15, 0.2) is 48.5 Å². The van der Waals surface area contributed by atoms with Crippen LogP contribution in [0.4, 0.5) is 33.3 Å². The zero-order chi connectivity index (χ0) is 19.7. The number of hydrogen-bond acceptors (Lipinski definition) is 2. The molecule has 1 saturated heterocycles. The molecule has 0 spiro atoms. The summed E-state index contributed by atoms with van der Waals surface area (Å²) in [7, 11) is 0. The Balaban J connectivity index is 1.57. The summed E-state index contributed by atoms with van der Waals surface area (Å²) in [5.41, 5.74) is 0.398. The summed E-state index contributed by atoms with van der Waals surface area (Å²) < 4.78 is 63.8. The largest absolute Gasteiger partial charge is 0.458 e. The molecule has 3 nitrogen and oxygen atoms in total. The highest BCUT2D eigenvalue weighted by Gasteiger charge is 2.58. The summed E-state index contributed by atoms with van der Waals surface area (Å²) in [6.07, 6.45) is -4.06. The fraction of sp³-hybridized carbons (Fsp3) is 0.368. The topological polar surface area (TPSA) is 35.2 Å². The predicted octanol–water partition coefficient (Wildman–Crippen LogP) is 5.57. The first-order valence-corrected chi connectivity index (χ1v) is 8.50. The summed E-state index contributed by atoms with van der Waals surface area (Å²) in [6, 6.07) is 10.8. The van der Waals surface area contributed by atoms with Crippen molar-refractivity contribution in [2.45, 2.75) is 31.0 Å². The van der Waals surface area contributed by atoms with Crippen LogP contribution in [0.1, 0.15) is 18.4 Å². The van der Waals surface area contributed by atoms with E-state index in [9.17, 15) is 27.1 Å². The molecule has 1 aliphatic rings. The molecule has 1 radical (unpaired) electrons. The highest BCUT2D eigenvalue weighted by atomic mass is 19.4. The molecular formula is C19H18F5N2O. The summed E-state index contributed by atoms with van der Waals surface area (Å²) in [4.78, 5) is 2.14. The van der Waals surface area contributed by atoms with Gasteiger partial charge in [0.15, 0.2) is 5.75 Å². The van der Waals surface area contributed by atoms with E-state index in [4.69, 9.17) is 0 Å². The molecule has 3 rings (SSSR count). The minimum atomic E-state index is -5.61. The molecule has 0 amide bonds. The van der Waals surface area contributed by atoms with Gasteiger partial charge in [-0.2, -0.15) is 22.0 Å². The number of halogens is 5. The van der Waals surface area contributed by atoms with E-state index in [0.717, 1.165) is 43.8 Å². The number of anilines is 2. The number of nitrogens with zero attached hydrogens (tertiary/aromatic N) is 1. The van der Waals surface area contributed by atoms with Crippen molar-refractivity contribution in [2.75, 3.05) is 23.3 Å². The highest BCUT2D eigenvalue weighted by molar-refractivity contribution is 5.50. The SMILES string of the molecule is [O]c1ccc(N2CCC(Nc3ccc(C(F)(F)C(F)(F)F)cc3)CC2)cc1. The average molecular weight is 385 g/mol. The van der Waals surface area contributed by atoms with Crippen molar-refractivity contribution in [2.24, 2.45) is 0 Å². The van der Waals surface area contributed by atoms with Crippen LogP contribution in [0.5, 0.6) is 5.75 Å². The summed E-state index contributed by atoms with van der Waals surface area (Å²) >= 11 is 0. The molecule has 2 aromatic rings. The van der Waals surface area contributed by atoms with Gasteiger partial charge in [0, 0.05) is 36.1 Å². The quantitative estimate of drug-likeness (QED) is 0.699. The molecule has 0 aromatic heterocycles. The standard InChI is InChI=1S/C19H18F5N2O/c20-18(21,19(22,23)24)13-1-3-14(4-2-13)25-15-9-11-26(12-10-15)16-5-7-17(27)8-6-16/h1-8,15,25H,9-12H2. The predicted molar refractivity (Wildman–Crippen MR) is 91.8 cm³/mol. The fourth-order valence-corrected chi connectivity index (χ4v) is 3.11. The molecule has 0 bridgehead atoms. The fourth-order valence-electron chi connectivity index (χ4n) is 3.11. The number of alkyl halides is 5. The van der Waals surface area contributed by atoms with Crippen molar-refractivity contribution in [3.63, 3.8) is 0 Å². The van der Waals surface area contributed by atoms with E-state index in [1.807, 2.05) is 0 Å². The molecule has 8 heteroatoms. The van der Waals surface area contributed by atoms with E-state index >= 15 is 0 Å². The highest BCUT2D eigenvalue weighted by Crippen LogP contribution is 2.44. The van der Waals surface area contributed by atoms with Gasteiger partial charge in [-0.3, -0.25) is 5.11 Å². The molecule has 145 valence electrons. The molecule has 0 saturated carbocycles. The Morgan fingerprint density at radius 2 is 1.41 bits per heavy atom. The van der Waals surface area contributed by atoms with Crippen LogP contribution in [0.3, 0.4) is 0 Å². The van der Waals surface area contributed by atoms with Crippen LogP contribution in [-0.4, -0.2) is 25.3 Å². The van der Waals surface area contributed by atoms with Crippen molar-refractivity contribution < 1.29 is 27.1 Å². The number of rotatable bonds is 4. The molecule has 1 heterocycles. The van der Waals surface area contributed by atoms with Crippen LogP contribution in [-0.2, 0) is 11.0 Å². The van der Waals surface area contributed by atoms with Gasteiger partial charge in [-0.25, -0.2) is 0 Å². The van der Waals surface area contributed by atoms with Gasteiger partial charge >= 0.3 is 12.1 Å². The molecule has 0 atom stereocenters. The number of nitrogens with one attached hydrogen (secondary N) is 1. The van der Waals surface area contributed by atoms with Crippen molar-refractivity contribution >= 4 is 11.4 Å². The van der Waals surface area contributed by atoms with Crippen LogP contribution in [0.2, 0.25) is 0 Å². The van der Waals surface area contributed by atoms with Crippen LogP contribution < -0.4 is 10.2 Å². The van der Waals surface area contributed by atoms with Crippen LogP contribution in [0.25, 0.3) is 0 Å². The van der Waals surface area contributed by atoms with Gasteiger partial charge in [-0.1, -0.05) is 12.1 Å². The van der Waals surface area contributed by atoms with Gasteiger partial charge in [0.05, 0.1) is 0 Å². The Hall–Kier alpha value is -2.51.